The van der Waals surface area contributed by atoms with E-state index in [1.54, 1.807) is 12.1 Å². The minimum atomic E-state index is -0.500. The van der Waals surface area contributed by atoms with Gasteiger partial charge >= 0.3 is 0 Å². The minimum Gasteiger partial charge on any atom is -0.396 e. The molecule has 1 aliphatic rings. The Kier molecular flexibility index (Phi) is 4.24. The number of carbonyl (C=O) groups is 2. The maximum absolute atomic E-state index is 14.0. The van der Waals surface area contributed by atoms with Crippen molar-refractivity contribution in [2.75, 3.05) is 24.6 Å². The predicted molar refractivity (Wildman–Crippen MR) is 81.2 cm³/mol. The summed E-state index contributed by atoms with van der Waals surface area (Å²) in [6.07, 6.45) is 0.527. The lowest BCUT2D eigenvalue weighted by Crippen LogP contribution is -2.33. The molecule has 1 fully saturated rings. The number of fused-ring (bicyclic) bond motifs is 1. The molecule has 0 unspecified atom stereocenters. The first-order valence-corrected chi connectivity index (χ1v) is 7.43. The molecule has 3 N–H and O–H groups in total. The zero-order valence-corrected chi connectivity index (χ0v) is 12.4. The Hall–Kier alpha value is -2.48. The fraction of sp³-hybridized carbons (Fsp3) is 0.400. The molecule has 1 saturated heterocycles. The number of aromatic nitrogens is 2. The second-order valence-corrected chi connectivity index (χ2v) is 5.48. The smallest absolute Gasteiger partial charge is 0.229 e. The fourth-order valence-electron chi connectivity index (χ4n) is 2.73. The first kappa shape index (κ1) is 15.4. The van der Waals surface area contributed by atoms with Crippen molar-refractivity contribution < 1.29 is 19.1 Å². The van der Waals surface area contributed by atoms with Crippen LogP contribution in [0.15, 0.2) is 18.2 Å². The standard InChI is InChI=1S/C15H17FN4O3/c16-10-3-1-4-11-13(10)14(19-18-11)20-8-9(7-12(20)22)15(23)17-5-2-6-21/h1,3-4,9,21H,2,5-8H2,(H,17,23)(H,18,19)/t9-/m1/s1. The van der Waals surface area contributed by atoms with E-state index in [1.165, 1.54) is 11.0 Å². The number of aliphatic hydroxyl groups is 1. The van der Waals surface area contributed by atoms with Crippen LogP contribution in [-0.2, 0) is 9.59 Å². The molecule has 0 aliphatic carbocycles. The average Bonchev–Trinajstić information content (AvgIpc) is 3.11. The summed E-state index contributed by atoms with van der Waals surface area (Å²) in [6, 6.07) is 4.54. The first-order valence-electron chi connectivity index (χ1n) is 7.43. The first-order chi connectivity index (χ1) is 11.1. The predicted octanol–water partition coefficient (Wildman–Crippen LogP) is 0.553. The van der Waals surface area contributed by atoms with Gasteiger partial charge in [-0.25, -0.2) is 4.39 Å². The van der Waals surface area contributed by atoms with Crippen molar-refractivity contribution in [2.24, 2.45) is 5.92 Å². The summed E-state index contributed by atoms with van der Waals surface area (Å²) < 4.78 is 14.0. The van der Waals surface area contributed by atoms with Gasteiger partial charge in [0, 0.05) is 26.1 Å². The van der Waals surface area contributed by atoms with E-state index < -0.39 is 11.7 Å². The molecule has 0 radical (unpaired) electrons. The van der Waals surface area contributed by atoms with Crippen LogP contribution in [0, 0.1) is 11.7 Å². The van der Waals surface area contributed by atoms with Gasteiger partial charge in [-0.2, -0.15) is 5.10 Å². The van der Waals surface area contributed by atoms with E-state index in [4.69, 9.17) is 5.11 Å². The van der Waals surface area contributed by atoms with Gasteiger partial charge in [-0.3, -0.25) is 19.6 Å². The van der Waals surface area contributed by atoms with E-state index >= 15 is 0 Å². The molecule has 0 bridgehead atoms. The molecule has 3 rings (SSSR count). The summed E-state index contributed by atoms with van der Waals surface area (Å²) in [7, 11) is 0. The van der Waals surface area contributed by atoms with Gasteiger partial charge < -0.3 is 10.4 Å². The molecule has 2 aromatic rings. The van der Waals surface area contributed by atoms with Crippen molar-refractivity contribution in [3.05, 3.63) is 24.0 Å². The Labute approximate surface area is 131 Å². The third-order valence-corrected chi connectivity index (χ3v) is 3.91. The maximum Gasteiger partial charge on any atom is 0.229 e. The Morgan fingerprint density at radius 1 is 1.52 bits per heavy atom. The van der Waals surface area contributed by atoms with Crippen LogP contribution in [0.3, 0.4) is 0 Å². The number of amides is 2. The van der Waals surface area contributed by atoms with Crippen LogP contribution in [-0.4, -0.2) is 46.8 Å². The van der Waals surface area contributed by atoms with Crippen molar-refractivity contribution in [3.8, 4) is 0 Å². The highest BCUT2D eigenvalue weighted by Gasteiger charge is 2.37. The number of aromatic amines is 1. The summed E-state index contributed by atoms with van der Waals surface area (Å²) in [6.45, 7) is 0.520. The lowest BCUT2D eigenvalue weighted by atomic mass is 10.1. The maximum atomic E-state index is 14.0. The largest absolute Gasteiger partial charge is 0.396 e. The number of carbonyl (C=O) groups excluding carboxylic acids is 2. The molecule has 1 atom stereocenters. The number of halogens is 1. The lowest BCUT2D eigenvalue weighted by Gasteiger charge is -2.14. The molecule has 122 valence electrons. The Balaban J connectivity index is 1.78. The molecule has 0 spiro atoms. The summed E-state index contributed by atoms with van der Waals surface area (Å²) >= 11 is 0. The normalized spacial score (nSPS) is 17.9. The number of H-pyrrole nitrogens is 1. The Morgan fingerprint density at radius 2 is 2.35 bits per heavy atom. The molecule has 0 saturated carbocycles. The van der Waals surface area contributed by atoms with Gasteiger partial charge in [0.15, 0.2) is 5.82 Å². The van der Waals surface area contributed by atoms with Crippen molar-refractivity contribution in [1.82, 2.24) is 15.5 Å². The summed E-state index contributed by atoms with van der Waals surface area (Å²) in [4.78, 5) is 25.6. The van der Waals surface area contributed by atoms with Gasteiger partial charge in [0.2, 0.25) is 11.8 Å². The van der Waals surface area contributed by atoms with Gasteiger partial charge in [0.05, 0.1) is 16.8 Å². The Morgan fingerprint density at radius 3 is 3.13 bits per heavy atom. The summed E-state index contributed by atoms with van der Waals surface area (Å²) in [5, 5.41) is 18.4. The van der Waals surface area contributed by atoms with Crippen LogP contribution in [0.25, 0.3) is 10.9 Å². The number of nitrogens with zero attached hydrogens (tertiary/aromatic N) is 2. The van der Waals surface area contributed by atoms with E-state index in [2.05, 4.69) is 15.5 Å². The van der Waals surface area contributed by atoms with E-state index in [-0.39, 0.29) is 42.6 Å². The van der Waals surface area contributed by atoms with E-state index in [9.17, 15) is 14.0 Å². The highest BCUT2D eigenvalue weighted by atomic mass is 19.1. The third-order valence-electron chi connectivity index (χ3n) is 3.91. The zero-order chi connectivity index (χ0) is 16.4. The summed E-state index contributed by atoms with van der Waals surface area (Å²) in [5.74, 6) is -1.25. The quantitative estimate of drug-likeness (QED) is 0.701. The van der Waals surface area contributed by atoms with Crippen LogP contribution in [0.4, 0.5) is 10.2 Å². The van der Waals surface area contributed by atoms with E-state index in [0.717, 1.165) is 0 Å². The fourth-order valence-corrected chi connectivity index (χ4v) is 2.73. The molecule has 1 aromatic carbocycles. The van der Waals surface area contributed by atoms with Crippen molar-refractivity contribution in [2.45, 2.75) is 12.8 Å². The van der Waals surface area contributed by atoms with Crippen LogP contribution >= 0.6 is 0 Å². The number of anilines is 1. The molecule has 2 amide bonds. The molecule has 7 nitrogen and oxygen atoms in total. The number of aliphatic hydroxyl groups excluding tert-OH is 1. The number of hydrogen-bond acceptors (Lipinski definition) is 4. The van der Waals surface area contributed by atoms with Gasteiger partial charge in [-0.05, 0) is 18.6 Å². The Bertz CT molecular complexity index is 745. The topological polar surface area (TPSA) is 98.3 Å². The molecule has 1 aliphatic heterocycles. The van der Waals surface area contributed by atoms with Crippen molar-refractivity contribution in [1.29, 1.82) is 0 Å². The zero-order valence-electron chi connectivity index (χ0n) is 12.4. The summed E-state index contributed by atoms with van der Waals surface area (Å²) in [5.41, 5.74) is 0.503. The number of hydrogen-bond donors (Lipinski definition) is 3. The van der Waals surface area contributed by atoms with Gasteiger partial charge in [0.1, 0.15) is 5.82 Å². The number of benzene rings is 1. The number of nitrogens with one attached hydrogen (secondary N) is 2. The van der Waals surface area contributed by atoms with E-state index in [0.29, 0.717) is 18.5 Å². The average molecular weight is 320 g/mol. The van der Waals surface area contributed by atoms with Gasteiger partial charge in [0.25, 0.3) is 0 Å². The van der Waals surface area contributed by atoms with Crippen LogP contribution < -0.4 is 10.2 Å². The molecule has 23 heavy (non-hydrogen) atoms. The van der Waals surface area contributed by atoms with Crippen molar-refractivity contribution in [3.63, 3.8) is 0 Å². The lowest BCUT2D eigenvalue weighted by molar-refractivity contribution is -0.126. The van der Waals surface area contributed by atoms with Crippen LogP contribution in [0.5, 0.6) is 0 Å². The minimum absolute atomic E-state index is 0.00542. The molecule has 8 heteroatoms. The van der Waals surface area contributed by atoms with Gasteiger partial charge in [-0.1, -0.05) is 6.07 Å². The second-order valence-electron chi connectivity index (χ2n) is 5.48. The van der Waals surface area contributed by atoms with Gasteiger partial charge in [-0.15, -0.1) is 0 Å². The van der Waals surface area contributed by atoms with Crippen LogP contribution in [0.1, 0.15) is 12.8 Å². The monoisotopic (exact) mass is 320 g/mol. The highest BCUT2D eigenvalue weighted by Crippen LogP contribution is 2.31. The van der Waals surface area contributed by atoms with E-state index in [1.807, 2.05) is 0 Å². The second kappa shape index (κ2) is 6.33. The molecule has 1 aromatic heterocycles. The highest BCUT2D eigenvalue weighted by molar-refractivity contribution is 6.05. The van der Waals surface area contributed by atoms with Crippen LogP contribution in [0.2, 0.25) is 0 Å². The molecular formula is C15H17FN4O3. The number of rotatable bonds is 5. The third kappa shape index (κ3) is 2.89. The molecule has 2 heterocycles. The van der Waals surface area contributed by atoms with Crippen molar-refractivity contribution >= 4 is 28.5 Å². The molecular weight excluding hydrogens is 303 g/mol. The SMILES string of the molecule is O=C(NCCCO)[C@@H]1CC(=O)N(c2n[nH]c3cccc(F)c23)C1.